The van der Waals surface area contributed by atoms with E-state index in [0.717, 1.165) is 11.1 Å². The largest absolute Gasteiger partial charge is 0.347 e. The lowest BCUT2D eigenvalue weighted by Crippen LogP contribution is -2.24. The number of nitrogens with zero attached hydrogens (tertiary/aromatic N) is 2. The first-order valence-electron chi connectivity index (χ1n) is 7.20. The molecule has 7 heteroatoms. The van der Waals surface area contributed by atoms with Crippen LogP contribution in [0.2, 0.25) is 10.0 Å². The number of halogens is 2. The summed E-state index contributed by atoms with van der Waals surface area (Å²) in [7, 11) is 0. The van der Waals surface area contributed by atoms with E-state index in [9.17, 15) is 4.79 Å². The van der Waals surface area contributed by atoms with Crippen molar-refractivity contribution >= 4 is 29.1 Å². The fourth-order valence-corrected chi connectivity index (χ4v) is 2.45. The van der Waals surface area contributed by atoms with Crippen LogP contribution in [0.15, 0.2) is 53.1 Å². The summed E-state index contributed by atoms with van der Waals surface area (Å²) in [6.07, 6.45) is 0.235. The molecule has 24 heavy (non-hydrogen) atoms. The van der Waals surface area contributed by atoms with Crippen molar-refractivity contribution in [2.75, 3.05) is 0 Å². The molecule has 2 aromatic carbocycles. The second kappa shape index (κ2) is 7.47. The Balaban J connectivity index is 1.57. The minimum Gasteiger partial charge on any atom is -0.347 e. The number of nitrogens with one attached hydrogen (secondary N) is 1. The predicted octanol–water partition coefficient (Wildman–Crippen LogP) is 3.90. The maximum Gasteiger partial charge on any atom is 0.246 e. The molecule has 0 unspecified atom stereocenters. The van der Waals surface area contributed by atoms with E-state index in [4.69, 9.17) is 27.7 Å². The highest BCUT2D eigenvalue weighted by molar-refractivity contribution is 6.30. The molecule has 3 aromatic rings. The Hall–Kier alpha value is -2.37. The molecule has 0 aliphatic rings. The third kappa shape index (κ3) is 4.34. The van der Waals surface area contributed by atoms with E-state index in [-0.39, 0.29) is 18.9 Å². The van der Waals surface area contributed by atoms with Crippen molar-refractivity contribution in [2.24, 2.45) is 0 Å². The SMILES string of the molecule is O=C(Cc1cccc(Cl)c1)NCc1nc(-c2ccc(Cl)cc2)no1. The van der Waals surface area contributed by atoms with Crippen molar-refractivity contribution in [3.05, 3.63) is 70.0 Å². The Kier molecular flexibility index (Phi) is 5.13. The molecule has 1 N–H and O–H groups in total. The highest BCUT2D eigenvalue weighted by atomic mass is 35.5. The number of benzene rings is 2. The average Bonchev–Trinajstić information content (AvgIpc) is 3.03. The number of hydrogen-bond donors (Lipinski definition) is 1. The number of carbonyl (C=O) groups is 1. The van der Waals surface area contributed by atoms with Gasteiger partial charge in [0.05, 0.1) is 13.0 Å². The minimum absolute atomic E-state index is 0.150. The molecule has 0 saturated heterocycles. The summed E-state index contributed by atoms with van der Waals surface area (Å²) < 4.78 is 5.14. The van der Waals surface area contributed by atoms with Crippen LogP contribution in [0, 0.1) is 0 Å². The first-order chi connectivity index (χ1) is 11.6. The Labute approximate surface area is 148 Å². The van der Waals surface area contributed by atoms with Crippen LogP contribution in [-0.4, -0.2) is 16.0 Å². The van der Waals surface area contributed by atoms with Crippen LogP contribution in [0.1, 0.15) is 11.5 Å². The molecule has 0 fully saturated rings. The van der Waals surface area contributed by atoms with E-state index in [1.165, 1.54) is 0 Å². The first kappa shape index (κ1) is 16.5. The highest BCUT2D eigenvalue weighted by Crippen LogP contribution is 2.18. The van der Waals surface area contributed by atoms with Gasteiger partial charge in [-0.3, -0.25) is 4.79 Å². The van der Waals surface area contributed by atoms with Crippen molar-refractivity contribution in [1.29, 1.82) is 0 Å². The van der Waals surface area contributed by atoms with Gasteiger partial charge in [0.15, 0.2) is 0 Å². The van der Waals surface area contributed by atoms with Gasteiger partial charge in [0.1, 0.15) is 0 Å². The molecule has 0 aliphatic carbocycles. The zero-order valence-corrected chi connectivity index (χ0v) is 14.0. The summed E-state index contributed by atoms with van der Waals surface area (Å²) in [5.74, 6) is 0.633. The molecular weight excluding hydrogens is 349 g/mol. The molecule has 0 spiro atoms. The molecule has 0 bridgehead atoms. The van der Waals surface area contributed by atoms with Crippen molar-refractivity contribution in [1.82, 2.24) is 15.5 Å². The van der Waals surface area contributed by atoms with Crippen LogP contribution in [0.4, 0.5) is 0 Å². The first-order valence-corrected chi connectivity index (χ1v) is 7.95. The fraction of sp³-hybridized carbons (Fsp3) is 0.118. The van der Waals surface area contributed by atoms with Crippen molar-refractivity contribution in [2.45, 2.75) is 13.0 Å². The second-order valence-corrected chi connectivity index (χ2v) is 5.97. The smallest absolute Gasteiger partial charge is 0.246 e. The van der Waals surface area contributed by atoms with Crippen LogP contribution < -0.4 is 5.32 Å². The van der Waals surface area contributed by atoms with Crippen LogP contribution >= 0.6 is 23.2 Å². The Morgan fingerprint density at radius 1 is 1.08 bits per heavy atom. The van der Waals surface area contributed by atoms with Gasteiger partial charge in [0.2, 0.25) is 17.6 Å². The highest BCUT2D eigenvalue weighted by Gasteiger charge is 2.10. The molecule has 3 rings (SSSR count). The number of rotatable bonds is 5. The quantitative estimate of drug-likeness (QED) is 0.748. The van der Waals surface area contributed by atoms with Gasteiger partial charge in [-0.2, -0.15) is 4.98 Å². The lowest BCUT2D eigenvalue weighted by atomic mass is 10.1. The number of amides is 1. The molecule has 1 heterocycles. The Morgan fingerprint density at radius 3 is 2.62 bits per heavy atom. The van der Waals surface area contributed by atoms with E-state index in [1.54, 1.807) is 42.5 Å². The van der Waals surface area contributed by atoms with Gasteiger partial charge in [0, 0.05) is 15.6 Å². The predicted molar refractivity (Wildman–Crippen MR) is 91.7 cm³/mol. The van der Waals surface area contributed by atoms with Gasteiger partial charge in [-0.15, -0.1) is 0 Å². The normalized spacial score (nSPS) is 10.6. The number of carbonyl (C=O) groups excluding carboxylic acids is 1. The van der Waals surface area contributed by atoms with Crippen molar-refractivity contribution < 1.29 is 9.32 Å². The second-order valence-electron chi connectivity index (χ2n) is 5.10. The maximum absolute atomic E-state index is 12.0. The molecule has 0 saturated carbocycles. The van der Waals surface area contributed by atoms with Gasteiger partial charge in [-0.25, -0.2) is 0 Å². The van der Waals surface area contributed by atoms with Crippen LogP contribution in [0.5, 0.6) is 0 Å². The topological polar surface area (TPSA) is 68.0 Å². The van der Waals surface area contributed by atoms with Crippen molar-refractivity contribution in [3.8, 4) is 11.4 Å². The van der Waals surface area contributed by atoms with Gasteiger partial charge >= 0.3 is 0 Å². The monoisotopic (exact) mass is 361 g/mol. The van der Waals surface area contributed by atoms with E-state index in [1.807, 2.05) is 6.07 Å². The third-order valence-corrected chi connectivity index (χ3v) is 3.75. The molecule has 5 nitrogen and oxygen atoms in total. The Morgan fingerprint density at radius 2 is 1.88 bits per heavy atom. The van der Waals surface area contributed by atoms with Crippen LogP contribution in [-0.2, 0) is 17.8 Å². The molecular formula is C17H13Cl2N3O2. The van der Waals surface area contributed by atoms with E-state index in [2.05, 4.69) is 15.5 Å². The van der Waals surface area contributed by atoms with Crippen molar-refractivity contribution in [3.63, 3.8) is 0 Å². The fourth-order valence-electron chi connectivity index (χ4n) is 2.11. The number of aromatic nitrogens is 2. The lowest BCUT2D eigenvalue weighted by Gasteiger charge is -2.03. The standard InChI is InChI=1S/C17H13Cl2N3O2/c18-13-6-4-12(5-7-13)17-21-16(24-22-17)10-20-15(23)9-11-2-1-3-14(19)8-11/h1-8H,9-10H2,(H,20,23). The third-order valence-electron chi connectivity index (χ3n) is 3.26. The average molecular weight is 362 g/mol. The zero-order valence-electron chi connectivity index (χ0n) is 12.5. The number of hydrogen-bond acceptors (Lipinski definition) is 4. The van der Waals surface area contributed by atoms with E-state index in [0.29, 0.717) is 21.8 Å². The zero-order chi connectivity index (χ0) is 16.9. The summed E-state index contributed by atoms with van der Waals surface area (Å²) >= 11 is 11.7. The summed E-state index contributed by atoms with van der Waals surface area (Å²) in [6, 6.07) is 14.3. The summed E-state index contributed by atoms with van der Waals surface area (Å²) in [6.45, 7) is 0.167. The molecule has 0 atom stereocenters. The van der Waals surface area contributed by atoms with Gasteiger partial charge in [0.25, 0.3) is 0 Å². The maximum atomic E-state index is 12.0. The molecule has 1 aromatic heterocycles. The molecule has 0 radical (unpaired) electrons. The Bertz CT molecular complexity index is 847. The molecule has 122 valence electrons. The summed E-state index contributed by atoms with van der Waals surface area (Å²) in [5.41, 5.74) is 1.63. The molecule has 0 aliphatic heterocycles. The minimum atomic E-state index is -0.150. The van der Waals surface area contributed by atoms with Crippen LogP contribution in [0.3, 0.4) is 0 Å². The lowest BCUT2D eigenvalue weighted by molar-refractivity contribution is -0.120. The summed E-state index contributed by atoms with van der Waals surface area (Å²) in [5, 5.41) is 7.87. The van der Waals surface area contributed by atoms with Gasteiger partial charge in [-0.05, 0) is 42.0 Å². The van der Waals surface area contributed by atoms with Crippen LogP contribution in [0.25, 0.3) is 11.4 Å². The van der Waals surface area contributed by atoms with Gasteiger partial charge < -0.3 is 9.84 Å². The summed E-state index contributed by atoms with van der Waals surface area (Å²) in [4.78, 5) is 16.2. The van der Waals surface area contributed by atoms with E-state index < -0.39 is 0 Å². The van der Waals surface area contributed by atoms with E-state index >= 15 is 0 Å². The van der Waals surface area contributed by atoms with Gasteiger partial charge in [-0.1, -0.05) is 40.5 Å². The molecule has 1 amide bonds.